The number of benzene rings is 1. The molecule has 0 aromatic heterocycles. The van der Waals surface area contributed by atoms with Crippen molar-refractivity contribution in [1.82, 2.24) is 0 Å². The van der Waals surface area contributed by atoms with Gasteiger partial charge < -0.3 is 34.3 Å². The van der Waals surface area contributed by atoms with Crippen LogP contribution in [0, 0.1) is 52.8 Å². The van der Waals surface area contributed by atoms with E-state index >= 15 is 0 Å². The Labute approximate surface area is 426 Å². The molecule has 396 valence electrons. The third-order valence-electron chi connectivity index (χ3n) is 16.4. The van der Waals surface area contributed by atoms with Gasteiger partial charge in [-0.05, 0) is 135 Å². The first-order chi connectivity index (χ1) is 33.5. The fraction of sp³-hybridized carbons (Fsp3) is 0.700. The number of hydrogen-bond acceptors (Lipinski definition) is 11. The van der Waals surface area contributed by atoms with Crippen LogP contribution >= 0.6 is 0 Å². The fourth-order valence-electron chi connectivity index (χ4n) is 11.4. The van der Waals surface area contributed by atoms with Crippen molar-refractivity contribution in [3.8, 4) is 5.75 Å². The molecule has 7 rings (SSSR count). The van der Waals surface area contributed by atoms with Gasteiger partial charge in [-0.3, -0.25) is 19.2 Å². The number of ether oxygens (including phenoxy) is 4. The molecule has 0 spiro atoms. The van der Waals surface area contributed by atoms with Gasteiger partial charge in [0.1, 0.15) is 30.2 Å². The van der Waals surface area contributed by atoms with Gasteiger partial charge in [-0.15, -0.1) is 0 Å². The van der Waals surface area contributed by atoms with Crippen molar-refractivity contribution in [3.63, 3.8) is 0 Å². The number of esters is 4. The van der Waals surface area contributed by atoms with Gasteiger partial charge in [-0.25, -0.2) is 0 Å². The molecule has 1 aromatic rings. The van der Waals surface area contributed by atoms with E-state index in [0.29, 0.717) is 60.0 Å². The van der Waals surface area contributed by atoms with Crippen LogP contribution in [0.2, 0.25) is 0 Å². The smallest absolute Gasteiger partial charge is 0.311 e. The maximum Gasteiger partial charge on any atom is 0.311 e. The van der Waals surface area contributed by atoms with E-state index in [-0.39, 0.29) is 78.9 Å². The van der Waals surface area contributed by atoms with E-state index in [2.05, 4.69) is 84.9 Å². The standard InChI is InChI=1S/C25H38O5.C23H34O5.C12H18O/c1-6-25(4,5)24(28)30-21-12-15(2)11-17-8-7-16(3)20(23(17)21)10-9-19-13-18(26)14-22(27)29-19;1-4-14(2)23(26)28-20-7-5-6-16-9-8-15(3)19(22(16)20)11-10-18-12-17(24)13-21(25)27-18;1-8(2)10-6-5-7-11(9(3)4)12(10)13/h7-8,11,15-16,18-21,23,26H,6,9-10,12-14H2,1-5H3;6,8-9,14-15,17-20,22,24H,4-5,7,10-13H2,1-3H3;5-9,13H,1-4H3/t15-,16-,18+,19+,20-,21-,23-;14?,15-,17?,18+,19-,20?,22-;/m00./s1. The lowest BCUT2D eigenvalue weighted by molar-refractivity contribution is -0.166. The third kappa shape index (κ3) is 15.6. The minimum Gasteiger partial charge on any atom is -0.507 e. The minimum atomic E-state index is -0.601. The molecule has 0 radical (unpaired) electrons. The highest BCUT2D eigenvalue weighted by Crippen LogP contribution is 2.47. The average Bonchev–Trinajstić information content (AvgIpc) is 3.30. The van der Waals surface area contributed by atoms with E-state index in [4.69, 9.17) is 18.9 Å². The lowest BCUT2D eigenvalue weighted by atomic mass is 9.65. The number of fused-ring (bicyclic) bond motifs is 2. The monoisotopic (exact) mass is 987 g/mol. The summed E-state index contributed by atoms with van der Waals surface area (Å²) in [5.41, 5.74) is 4.15. The maximum absolute atomic E-state index is 12.9. The number of phenolic OH excluding ortho intramolecular Hbond substituents is 1. The van der Waals surface area contributed by atoms with E-state index in [9.17, 15) is 34.5 Å². The Hall–Kier alpha value is -4.22. The number of phenols is 1. The average molecular weight is 987 g/mol. The third-order valence-corrected chi connectivity index (χ3v) is 16.4. The summed E-state index contributed by atoms with van der Waals surface area (Å²) in [6, 6.07) is 6.00. The van der Waals surface area contributed by atoms with E-state index in [1.165, 1.54) is 11.1 Å². The second-order valence-corrected chi connectivity index (χ2v) is 23.1. The largest absolute Gasteiger partial charge is 0.507 e. The lowest BCUT2D eigenvalue weighted by Crippen LogP contribution is -2.43. The van der Waals surface area contributed by atoms with E-state index < -0.39 is 17.6 Å². The number of rotatable bonds is 14. The van der Waals surface area contributed by atoms with Crippen LogP contribution in [-0.2, 0) is 38.1 Å². The lowest BCUT2D eigenvalue weighted by Gasteiger charge is -2.44. The summed E-state index contributed by atoms with van der Waals surface area (Å²) < 4.78 is 23.0. The zero-order valence-corrected chi connectivity index (χ0v) is 45.2. The number of aromatic hydroxyl groups is 1. The van der Waals surface area contributed by atoms with Crippen LogP contribution < -0.4 is 0 Å². The first-order valence-corrected chi connectivity index (χ1v) is 27.3. The van der Waals surface area contributed by atoms with Gasteiger partial charge in [0.05, 0.1) is 36.4 Å². The Morgan fingerprint density at radius 3 is 1.72 bits per heavy atom. The molecule has 11 nitrogen and oxygen atoms in total. The van der Waals surface area contributed by atoms with Crippen LogP contribution in [0.25, 0.3) is 0 Å². The summed E-state index contributed by atoms with van der Waals surface area (Å²) in [4.78, 5) is 48.6. The topological polar surface area (TPSA) is 166 Å². The molecule has 0 saturated carbocycles. The Kier molecular flexibility index (Phi) is 21.2. The molecular formula is C60H90O11. The zero-order valence-electron chi connectivity index (χ0n) is 45.2. The SMILES string of the molecule is CC(C)c1cccc(C(C)C)c1O.CCC(C)(C)C(=O)O[C@H]1C[C@@H](C)C=C2C=C[C@H](C)[C@H](CC[C@@H]3C[C@@H](O)CC(=O)O3)[C@H]21.CCC(C)C(=O)OC1CCC=C2C=C[C@H](C)[C@H](CC[C@@H]3CC(O)CC(=O)O3)[C@H]21. The summed E-state index contributed by atoms with van der Waals surface area (Å²) in [7, 11) is 0. The van der Waals surface area contributed by atoms with Crippen LogP contribution in [0.4, 0.5) is 0 Å². The van der Waals surface area contributed by atoms with Gasteiger partial charge in [-0.2, -0.15) is 0 Å². The maximum atomic E-state index is 12.9. The molecule has 4 aliphatic carbocycles. The summed E-state index contributed by atoms with van der Waals surface area (Å²) in [5.74, 6) is 2.46. The highest BCUT2D eigenvalue weighted by molar-refractivity contribution is 5.76. The molecule has 0 amide bonds. The quantitative estimate of drug-likeness (QED) is 0.120. The van der Waals surface area contributed by atoms with Crippen LogP contribution in [0.15, 0.2) is 65.8 Å². The number of carbonyl (C=O) groups is 4. The molecular weight excluding hydrogens is 897 g/mol. The zero-order chi connectivity index (χ0) is 52.3. The van der Waals surface area contributed by atoms with Crippen molar-refractivity contribution >= 4 is 23.9 Å². The molecule has 0 bridgehead atoms. The Morgan fingerprint density at radius 2 is 1.24 bits per heavy atom. The van der Waals surface area contributed by atoms with Crippen molar-refractivity contribution < 1.29 is 53.4 Å². The number of cyclic esters (lactones) is 2. The van der Waals surface area contributed by atoms with E-state index in [1.807, 2.05) is 52.8 Å². The molecule has 2 saturated heterocycles. The van der Waals surface area contributed by atoms with Crippen LogP contribution in [0.1, 0.15) is 190 Å². The second-order valence-electron chi connectivity index (χ2n) is 23.1. The number of para-hydroxylation sites is 1. The number of aliphatic hydroxyl groups is 2. The van der Waals surface area contributed by atoms with Crippen LogP contribution in [0.3, 0.4) is 0 Å². The molecule has 71 heavy (non-hydrogen) atoms. The van der Waals surface area contributed by atoms with Crippen molar-refractivity contribution in [3.05, 3.63) is 76.9 Å². The van der Waals surface area contributed by atoms with E-state index in [0.717, 1.165) is 68.9 Å². The molecule has 2 aliphatic heterocycles. The molecule has 2 fully saturated rings. The molecule has 1 aromatic carbocycles. The highest BCUT2D eigenvalue weighted by Gasteiger charge is 2.44. The van der Waals surface area contributed by atoms with Gasteiger partial charge in [-0.1, -0.05) is 124 Å². The number of hydrogen-bond donors (Lipinski definition) is 3. The second kappa shape index (κ2) is 26.1. The summed E-state index contributed by atoms with van der Waals surface area (Å²) in [6.07, 6.45) is 20.3. The molecule has 11 heteroatoms. The summed E-state index contributed by atoms with van der Waals surface area (Å²) >= 11 is 0. The Bertz CT molecular complexity index is 2050. The van der Waals surface area contributed by atoms with E-state index in [1.54, 1.807) is 0 Å². The fourth-order valence-corrected chi connectivity index (χ4v) is 11.4. The molecule has 3 N–H and O–H groups in total. The Morgan fingerprint density at radius 1 is 0.732 bits per heavy atom. The predicted octanol–water partition coefficient (Wildman–Crippen LogP) is 12.2. The van der Waals surface area contributed by atoms with Gasteiger partial charge in [0.15, 0.2) is 0 Å². The van der Waals surface area contributed by atoms with Gasteiger partial charge in [0, 0.05) is 24.7 Å². The highest BCUT2D eigenvalue weighted by atomic mass is 16.6. The molecule has 6 aliphatic rings. The minimum absolute atomic E-state index is 0.0764. The number of allylic oxidation sites excluding steroid dienone is 6. The van der Waals surface area contributed by atoms with Crippen molar-refractivity contribution in [2.45, 2.75) is 215 Å². The van der Waals surface area contributed by atoms with Crippen molar-refractivity contribution in [2.24, 2.45) is 52.8 Å². The Balaban J connectivity index is 0.000000213. The molecule has 14 atom stereocenters. The first-order valence-electron chi connectivity index (χ1n) is 27.3. The summed E-state index contributed by atoms with van der Waals surface area (Å²) in [5, 5.41) is 29.7. The van der Waals surface area contributed by atoms with Crippen LogP contribution in [-0.4, -0.2) is 75.8 Å². The molecule has 2 heterocycles. The van der Waals surface area contributed by atoms with Crippen LogP contribution in [0.5, 0.6) is 5.75 Å². The van der Waals surface area contributed by atoms with Gasteiger partial charge in [0.2, 0.25) is 0 Å². The number of carbonyl (C=O) groups excluding carboxylic acids is 4. The first kappa shape index (κ1) is 57.7. The predicted molar refractivity (Wildman–Crippen MR) is 278 cm³/mol. The molecule has 3 unspecified atom stereocenters. The number of aliphatic hydroxyl groups excluding tert-OH is 2. The van der Waals surface area contributed by atoms with Crippen molar-refractivity contribution in [1.29, 1.82) is 0 Å². The summed E-state index contributed by atoms with van der Waals surface area (Å²) in [6.45, 7) is 24.8. The van der Waals surface area contributed by atoms with Gasteiger partial charge >= 0.3 is 23.9 Å². The van der Waals surface area contributed by atoms with Crippen molar-refractivity contribution in [2.75, 3.05) is 0 Å². The normalized spacial score (nSPS) is 31.7. The van der Waals surface area contributed by atoms with Gasteiger partial charge in [0.25, 0.3) is 0 Å².